The van der Waals surface area contributed by atoms with E-state index in [0.717, 1.165) is 18.6 Å². The first-order chi connectivity index (χ1) is 14.5. The largest absolute Gasteiger partial charge is 0.494 e. The van der Waals surface area contributed by atoms with Crippen molar-refractivity contribution in [2.75, 3.05) is 17.2 Å². The molecule has 0 saturated carbocycles. The van der Waals surface area contributed by atoms with Crippen LogP contribution in [-0.2, 0) is 6.42 Å². The Morgan fingerprint density at radius 2 is 1.50 bits per heavy atom. The zero-order valence-corrected chi connectivity index (χ0v) is 18.3. The second kappa shape index (κ2) is 10.1. The molecule has 1 heterocycles. The van der Waals surface area contributed by atoms with Gasteiger partial charge in [0, 0.05) is 21.8 Å². The molecular formula is C24H26N2O3S. The molecule has 2 N–H and O–H groups in total. The fraction of sp³-hybridized carbons (Fsp3) is 0.250. The van der Waals surface area contributed by atoms with Crippen LogP contribution < -0.4 is 15.4 Å². The average molecular weight is 423 g/mol. The Bertz CT molecular complexity index is 1010. The Morgan fingerprint density at radius 1 is 0.900 bits per heavy atom. The number of carbonyl (C=O) groups is 2. The molecule has 1 aromatic heterocycles. The smallest absolute Gasteiger partial charge is 0.265 e. The van der Waals surface area contributed by atoms with E-state index in [1.807, 2.05) is 32.0 Å². The van der Waals surface area contributed by atoms with Gasteiger partial charge in [0.1, 0.15) is 5.75 Å². The van der Waals surface area contributed by atoms with E-state index in [4.69, 9.17) is 4.74 Å². The van der Waals surface area contributed by atoms with E-state index < -0.39 is 0 Å². The summed E-state index contributed by atoms with van der Waals surface area (Å²) >= 11 is 1.51. The molecule has 0 bridgehead atoms. The monoisotopic (exact) mass is 422 g/mol. The van der Waals surface area contributed by atoms with Crippen molar-refractivity contribution < 1.29 is 14.3 Å². The first-order valence-corrected chi connectivity index (χ1v) is 10.9. The summed E-state index contributed by atoms with van der Waals surface area (Å²) in [6.07, 6.45) is 2.03. The van der Waals surface area contributed by atoms with E-state index in [9.17, 15) is 9.59 Å². The average Bonchev–Trinajstić information content (AvgIpc) is 3.11. The fourth-order valence-electron chi connectivity index (χ4n) is 3.05. The highest BCUT2D eigenvalue weighted by Crippen LogP contribution is 2.24. The Morgan fingerprint density at radius 3 is 2.10 bits per heavy atom. The summed E-state index contributed by atoms with van der Waals surface area (Å²) in [6.45, 7) is 6.70. The van der Waals surface area contributed by atoms with Gasteiger partial charge in [-0.1, -0.05) is 13.3 Å². The number of anilines is 2. The summed E-state index contributed by atoms with van der Waals surface area (Å²) in [5.41, 5.74) is 3.09. The number of hydrogen-bond donors (Lipinski definition) is 2. The summed E-state index contributed by atoms with van der Waals surface area (Å²) in [5.74, 6) is 0.422. The molecule has 2 amide bonds. The normalized spacial score (nSPS) is 10.5. The van der Waals surface area contributed by atoms with Crippen molar-refractivity contribution in [2.24, 2.45) is 0 Å². The minimum atomic E-state index is -0.213. The number of thiophene rings is 1. The van der Waals surface area contributed by atoms with E-state index in [-0.39, 0.29) is 11.8 Å². The van der Waals surface area contributed by atoms with Crippen molar-refractivity contribution in [2.45, 2.75) is 33.6 Å². The van der Waals surface area contributed by atoms with Crippen LogP contribution in [-0.4, -0.2) is 18.4 Å². The summed E-state index contributed by atoms with van der Waals surface area (Å²) in [6, 6.07) is 16.1. The number of rotatable bonds is 8. The molecule has 0 spiro atoms. The summed E-state index contributed by atoms with van der Waals surface area (Å²) < 4.78 is 5.40. The van der Waals surface area contributed by atoms with E-state index in [1.54, 1.807) is 36.4 Å². The number of ether oxygens (including phenoxy) is 1. The Kier molecular flexibility index (Phi) is 7.25. The van der Waals surface area contributed by atoms with Crippen molar-refractivity contribution in [3.05, 3.63) is 75.5 Å². The molecule has 3 rings (SSSR count). The van der Waals surface area contributed by atoms with Gasteiger partial charge in [0.05, 0.1) is 11.5 Å². The molecule has 156 valence electrons. The SMILES string of the molecule is CCCc1cc(C(=O)Nc2ccc(C(=O)Nc3ccc(OCC)cc3)cc2)sc1C. The van der Waals surface area contributed by atoms with Crippen molar-refractivity contribution in [3.63, 3.8) is 0 Å². The molecule has 0 saturated heterocycles. The lowest BCUT2D eigenvalue weighted by atomic mass is 10.1. The molecule has 0 aliphatic rings. The van der Waals surface area contributed by atoms with Gasteiger partial charge in [-0.15, -0.1) is 11.3 Å². The van der Waals surface area contributed by atoms with Crippen LogP contribution in [0, 0.1) is 6.92 Å². The molecule has 5 nitrogen and oxygen atoms in total. The molecule has 3 aromatic rings. The molecule has 2 aromatic carbocycles. The molecule has 0 unspecified atom stereocenters. The molecule has 0 aliphatic carbocycles. The number of amides is 2. The number of nitrogens with one attached hydrogen (secondary N) is 2. The minimum absolute atomic E-state index is 0.128. The maximum atomic E-state index is 12.5. The zero-order chi connectivity index (χ0) is 21.5. The van der Waals surface area contributed by atoms with E-state index in [0.29, 0.717) is 28.4 Å². The van der Waals surface area contributed by atoms with Gasteiger partial charge in [-0.25, -0.2) is 0 Å². The van der Waals surface area contributed by atoms with Gasteiger partial charge in [0.15, 0.2) is 0 Å². The second-order valence-corrected chi connectivity index (χ2v) is 8.14. The lowest BCUT2D eigenvalue weighted by Gasteiger charge is -2.08. The van der Waals surface area contributed by atoms with Gasteiger partial charge in [0.2, 0.25) is 0 Å². The summed E-state index contributed by atoms with van der Waals surface area (Å²) in [5, 5.41) is 5.76. The first-order valence-electron chi connectivity index (χ1n) is 10.0. The van der Waals surface area contributed by atoms with Gasteiger partial charge >= 0.3 is 0 Å². The third kappa shape index (κ3) is 5.48. The highest BCUT2D eigenvalue weighted by Gasteiger charge is 2.13. The maximum Gasteiger partial charge on any atom is 0.265 e. The van der Waals surface area contributed by atoms with Gasteiger partial charge in [-0.2, -0.15) is 0 Å². The highest BCUT2D eigenvalue weighted by molar-refractivity contribution is 7.14. The van der Waals surface area contributed by atoms with Crippen LogP contribution in [0.3, 0.4) is 0 Å². The maximum absolute atomic E-state index is 12.5. The van der Waals surface area contributed by atoms with Crippen molar-refractivity contribution in [1.82, 2.24) is 0 Å². The fourth-order valence-corrected chi connectivity index (χ4v) is 4.02. The van der Waals surface area contributed by atoms with Crippen LogP contribution in [0.25, 0.3) is 0 Å². The molecule has 0 atom stereocenters. The van der Waals surface area contributed by atoms with Gasteiger partial charge in [-0.3, -0.25) is 9.59 Å². The van der Waals surface area contributed by atoms with Crippen LogP contribution in [0.1, 0.15) is 50.7 Å². The number of benzene rings is 2. The van der Waals surface area contributed by atoms with Crippen molar-refractivity contribution in [1.29, 1.82) is 0 Å². The zero-order valence-electron chi connectivity index (χ0n) is 17.5. The topological polar surface area (TPSA) is 67.4 Å². The summed E-state index contributed by atoms with van der Waals surface area (Å²) in [7, 11) is 0. The molecule has 0 fully saturated rings. The molecular weight excluding hydrogens is 396 g/mol. The first kappa shape index (κ1) is 21.6. The Labute approximate surface area is 181 Å². The lowest BCUT2D eigenvalue weighted by molar-refractivity contribution is 0.102. The van der Waals surface area contributed by atoms with Crippen LogP contribution in [0.5, 0.6) is 5.75 Å². The molecule has 0 radical (unpaired) electrons. The van der Waals surface area contributed by atoms with E-state index >= 15 is 0 Å². The Balaban J connectivity index is 1.60. The van der Waals surface area contributed by atoms with Gasteiger partial charge in [-0.05, 0) is 80.4 Å². The molecule has 6 heteroatoms. The predicted molar refractivity (Wildman–Crippen MR) is 123 cm³/mol. The highest BCUT2D eigenvalue weighted by atomic mass is 32.1. The molecule has 0 aliphatic heterocycles. The number of aryl methyl sites for hydroxylation is 2. The van der Waals surface area contributed by atoms with Crippen molar-refractivity contribution >= 4 is 34.5 Å². The summed E-state index contributed by atoms with van der Waals surface area (Å²) in [4.78, 5) is 26.9. The van der Waals surface area contributed by atoms with Gasteiger partial charge < -0.3 is 15.4 Å². The molecule has 30 heavy (non-hydrogen) atoms. The standard InChI is InChI=1S/C24H26N2O3S/c1-4-6-18-15-22(30-16(18)3)24(28)26-19-9-7-17(8-10-19)23(27)25-20-11-13-21(14-12-20)29-5-2/h7-15H,4-6H2,1-3H3,(H,25,27)(H,26,28). The third-order valence-electron chi connectivity index (χ3n) is 4.59. The minimum Gasteiger partial charge on any atom is -0.494 e. The quantitative estimate of drug-likeness (QED) is 0.474. The second-order valence-electron chi connectivity index (χ2n) is 6.89. The van der Waals surface area contributed by atoms with E-state index in [2.05, 4.69) is 17.6 Å². The lowest BCUT2D eigenvalue weighted by Crippen LogP contribution is -2.13. The van der Waals surface area contributed by atoms with Crippen LogP contribution in [0.2, 0.25) is 0 Å². The predicted octanol–water partition coefficient (Wildman–Crippen LogP) is 5.91. The van der Waals surface area contributed by atoms with Crippen LogP contribution in [0.4, 0.5) is 11.4 Å². The van der Waals surface area contributed by atoms with Crippen LogP contribution >= 0.6 is 11.3 Å². The number of hydrogen-bond acceptors (Lipinski definition) is 4. The van der Waals surface area contributed by atoms with Crippen molar-refractivity contribution in [3.8, 4) is 5.75 Å². The van der Waals surface area contributed by atoms with Gasteiger partial charge in [0.25, 0.3) is 11.8 Å². The van der Waals surface area contributed by atoms with Crippen LogP contribution in [0.15, 0.2) is 54.6 Å². The van der Waals surface area contributed by atoms with E-state index in [1.165, 1.54) is 21.8 Å². The third-order valence-corrected chi connectivity index (χ3v) is 5.68. The Hall–Kier alpha value is -3.12. The number of carbonyl (C=O) groups excluding carboxylic acids is 2.